The number of morpholine rings is 1. The van der Waals surface area contributed by atoms with Crippen LogP contribution in [0.15, 0.2) is 42.5 Å². The maximum Gasteiger partial charge on any atom is 0.137 e. The maximum atomic E-state index is 10.3. The number of nitrogens with zero attached hydrogens (tertiary/aromatic N) is 1. The number of aliphatic hydroxyl groups is 1. The molecule has 32 heavy (non-hydrogen) atoms. The van der Waals surface area contributed by atoms with Gasteiger partial charge in [-0.3, -0.25) is 4.90 Å². The smallest absolute Gasteiger partial charge is 0.137 e. The molecule has 1 saturated heterocycles. The van der Waals surface area contributed by atoms with Gasteiger partial charge in [0.1, 0.15) is 24.2 Å². The topological polar surface area (TPSA) is 51.2 Å². The van der Waals surface area contributed by atoms with E-state index in [2.05, 4.69) is 30.9 Å². The Morgan fingerprint density at radius 1 is 1.06 bits per heavy atom. The van der Waals surface area contributed by atoms with E-state index in [-0.39, 0.29) is 12.0 Å². The van der Waals surface area contributed by atoms with Crippen molar-refractivity contribution in [2.24, 2.45) is 0 Å². The first kappa shape index (κ1) is 25.1. The van der Waals surface area contributed by atoms with E-state index in [1.54, 1.807) is 0 Å². The highest BCUT2D eigenvalue weighted by molar-refractivity contribution is 6.32. The second kappa shape index (κ2) is 12.1. The van der Waals surface area contributed by atoms with Crippen LogP contribution >= 0.6 is 23.2 Å². The van der Waals surface area contributed by atoms with Gasteiger partial charge in [0.25, 0.3) is 0 Å². The molecule has 1 atom stereocenters. The first-order valence-electron chi connectivity index (χ1n) is 11.1. The van der Waals surface area contributed by atoms with Gasteiger partial charge < -0.3 is 19.3 Å². The van der Waals surface area contributed by atoms with Gasteiger partial charge in [-0.15, -0.1) is 11.6 Å². The molecule has 1 fully saturated rings. The number of benzene rings is 2. The lowest BCUT2D eigenvalue weighted by Crippen LogP contribution is -2.42. The number of ether oxygens (including phenoxy) is 3. The van der Waals surface area contributed by atoms with Crippen LogP contribution in [0, 0.1) is 0 Å². The van der Waals surface area contributed by atoms with Crippen molar-refractivity contribution in [1.82, 2.24) is 4.90 Å². The summed E-state index contributed by atoms with van der Waals surface area (Å²) in [4.78, 5) is 2.20. The molecule has 0 spiro atoms. The van der Waals surface area contributed by atoms with Crippen molar-refractivity contribution in [2.45, 2.75) is 31.8 Å². The number of β-amino-alcohol motifs (C(OH)–C–C–N with tert-alkyl or cyclic N) is 1. The summed E-state index contributed by atoms with van der Waals surface area (Å²) in [5, 5.41) is 10.9. The molecule has 1 unspecified atom stereocenters. The first-order valence-corrected chi connectivity index (χ1v) is 12.0. The Morgan fingerprint density at radius 3 is 2.41 bits per heavy atom. The van der Waals surface area contributed by atoms with Gasteiger partial charge in [0.2, 0.25) is 0 Å². The van der Waals surface area contributed by atoms with E-state index in [0.29, 0.717) is 29.8 Å². The fourth-order valence-corrected chi connectivity index (χ4v) is 4.05. The second-order valence-electron chi connectivity index (χ2n) is 8.56. The third kappa shape index (κ3) is 7.00. The van der Waals surface area contributed by atoms with Crippen molar-refractivity contribution >= 4 is 23.2 Å². The predicted molar refractivity (Wildman–Crippen MR) is 130 cm³/mol. The molecule has 0 saturated carbocycles. The molecule has 1 aliphatic rings. The fourth-order valence-electron chi connectivity index (χ4n) is 3.70. The van der Waals surface area contributed by atoms with Crippen molar-refractivity contribution in [1.29, 1.82) is 0 Å². The van der Waals surface area contributed by atoms with Crippen LogP contribution in [0.3, 0.4) is 0 Å². The Kier molecular flexibility index (Phi) is 9.50. The number of hydrogen-bond donors (Lipinski definition) is 1. The Morgan fingerprint density at radius 2 is 1.75 bits per heavy atom. The van der Waals surface area contributed by atoms with Gasteiger partial charge in [-0.1, -0.05) is 43.6 Å². The Balaban J connectivity index is 1.57. The summed E-state index contributed by atoms with van der Waals surface area (Å²) in [7, 11) is 0. The summed E-state index contributed by atoms with van der Waals surface area (Å²) in [6.07, 6.45) is 0.251. The van der Waals surface area contributed by atoms with Crippen molar-refractivity contribution < 1.29 is 19.3 Å². The summed E-state index contributed by atoms with van der Waals surface area (Å²) in [5.41, 5.74) is 2.00. The highest BCUT2D eigenvalue weighted by Crippen LogP contribution is 2.36. The van der Waals surface area contributed by atoms with E-state index in [1.807, 2.05) is 30.3 Å². The lowest BCUT2D eigenvalue weighted by Gasteiger charge is -2.28. The Hall–Kier alpha value is -1.50. The van der Waals surface area contributed by atoms with E-state index in [4.69, 9.17) is 37.4 Å². The van der Waals surface area contributed by atoms with Crippen LogP contribution in [0.5, 0.6) is 11.5 Å². The average molecular weight is 482 g/mol. The molecule has 1 heterocycles. The van der Waals surface area contributed by atoms with Gasteiger partial charge in [-0.25, -0.2) is 0 Å². The molecule has 1 N–H and O–H groups in total. The summed E-state index contributed by atoms with van der Waals surface area (Å²) in [6.45, 7) is 8.88. The molecule has 0 bridgehead atoms. The van der Waals surface area contributed by atoms with Crippen LogP contribution < -0.4 is 9.47 Å². The van der Waals surface area contributed by atoms with Gasteiger partial charge in [0, 0.05) is 30.9 Å². The first-order chi connectivity index (χ1) is 15.4. The monoisotopic (exact) mass is 481 g/mol. The lowest BCUT2D eigenvalue weighted by atomic mass is 9.78. The Labute approximate surface area is 201 Å². The van der Waals surface area contributed by atoms with Gasteiger partial charge in [0.15, 0.2) is 0 Å². The van der Waals surface area contributed by atoms with Crippen molar-refractivity contribution in [3.63, 3.8) is 0 Å². The van der Waals surface area contributed by atoms with Crippen LogP contribution in [0.25, 0.3) is 0 Å². The Bertz CT molecular complexity index is 838. The van der Waals surface area contributed by atoms with Crippen molar-refractivity contribution in [3.05, 3.63) is 58.6 Å². The molecule has 7 heteroatoms. The summed E-state index contributed by atoms with van der Waals surface area (Å²) >= 11 is 12.2. The summed E-state index contributed by atoms with van der Waals surface area (Å²) in [5.74, 6) is 1.98. The normalized spacial score (nSPS) is 16.0. The third-order valence-corrected chi connectivity index (χ3v) is 6.34. The van der Waals surface area contributed by atoms with Crippen LogP contribution in [-0.4, -0.2) is 68.1 Å². The number of alkyl halides is 1. The molecule has 0 aromatic heterocycles. The molecule has 0 radical (unpaired) electrons. The lowest BCUT2D eigenvalue weighted by molar-refractivity contribution is 0.00465. The van der Waals surface area contributed by atoms with Crippen molar-refractivity contribution in [2.75, 3.05) is 51.9 Å². The van der Waals surface area contributed by atoms with Gasteiger partial charge in [0.05, 0.1) is 24.8 Å². The zero-order valence-electron chi connectivity index (χ0n) is 18.9. The van der Waals surface area contributed by atoms with E-state index in [0.717, 1.165) is 49.6 Å². The van der Waals surface area contributed by atoms with Crippen LogP contribution in [0.1, 0.15) is 31.4 Å². The molecule has 2 aromatic carbocycles. The van der Waals surface area contributed by atoms with E-state index < -0.39 is 6.10 Å². The quantitative estimate of drug-likeness (QED) is 0.370. The number of halogens is 2. The van der Waals surface area contributed by atoms with Crippen molar-refractivity contribution in [3.8, 4) is 11.5 Å². The SMILES string of the molecule is CC(C)(c1ccc(OCC(O)CN2CCOCC2)cc1)c1ccc(OCCCCl)c(Cl)c1. The zero-order chi connectivity index (χ0) is 23.0. The minimum absolute atomic E-state index is 0.243. The number of aliphatic hydroxyl groups excluding tert-OH is 1. The van der Waals surface area contributed by atoms with E-state index >= 15 is 0 Å². The molecule has 5 nitrogen and oxygen atoms in total. The summed E-state index contributed by atoms with van der Waals surface area (Å²) in [6, 6.07) is 13.9. The largest absolute Gasteiger partial charge is 0.492 e. The molecule has 176 valence electrons. The third-order valence-electron chi connectivity index (χ3n) is 5.78. The zero-order valence-corrected chi connectivity index (χ0v) is 20.4. The standard InChI is InChI=1S/C25H33Cl2NO4/c1-25(2,20-6-9-24(23(27)16-20)31-13-3-10-26)19-4-7-22(8-5-19)32-18-21(29)17-28-11-14-30-15-12-28/h4-9,16,21,29H,3,10-15,17-18H2,1-2H3. The van der Waals surface area contributed by atoms with Crippen LogP contribution in [0.4, 0.5) is 0 Å². The molecule has 0 aliphatic carbocycles. The van der Waals surface area contributed by atoms with E-state index in [1.165, 1.54) is 0 Å². The predicted octanol–water partition coefficient (Wildman–Crippen LogP) is 4.75. The maximum absolute atomic E-state index is 10.3. The molecule has 0 amide bonds. The fraction of sp³-hybridized carbons (Fsp3) is 0.520. The average Bonchev–Trinajstić information content (AvgIpc) is 2.80. The molecular formula is C25H33Cl2NO4. The van der Waals surface area contributed by atoms with Crippen LogP contribution in [-0.2, 0) is 10.2 Å². The highest BCUT2D eigenvalue weighted by Gasteiger charge is 2.24. The summed E-state index contributed by atoms with van der Waals surface area (Å²) < 4.78 is 16.8. The molecule has 3 rings (SSSR count). The number of hydrogen-bond acceptors (Lipinski definition) is 5. The van der Waals surface area contributed by atoms with Crippen LogP contribution in [0.2, 0.25) is 5.02 Å². The molecule has 2 aromatic rings. The van der Waals surface area contributed by atoms with Gasteiger partial charge >= 0.3 is 0 Å². The van der Waals surface area contributed by atoms with Gasteiger partial charge in [-0.2, -0.15) is 0 Å². The van der Waals surface area contributed by atoms with E-state index in [9.17, 15) is 5.11 Å². The minimum Gasteiger partial charge on any atom is -0.492 e. The second-order valence-corrected chi connectivity index (χ2v) is 9.35. The molecule has 1 aliphatic heterocycles. The minimum atomic E-state index is -0.531. The highest BCUT2D eigenvalue weighted by atomic mass is 35.5. The molecular weight excluding hydrogens is 449 g/mol. The number of rotatable bonds is 11. The van der Waals surface area contributed by atoms with Gasteiger partial charge in [-0.05, 0) is 41.8 Å².